The largest absolute Gasteiger partial charge is 0.286 e. The quantitative estimate of drug-likeness (QED) is 0.633. The fourth-order valence-corrected chi connectivity index (χ4v) is 1.63. The molecule has 2 heteroatoms. The van der Waals surface area contributed by atoms with Crippen molar-refractivity contribution in [1.82, 2.24) is 0 Å². The number of hydrogen-bond acceptors (Lipinski definition) is 2. The Morgan fingerprint density at radius 3 is 2.14 bits per heavy atom. The number of aryl methyl sites for hydroxylation is 2. The van der Waals surface area contributed by atoms with Gasteiger partial charge in [-0.1, -0.05) is 23.8 Å². The minimum Gasteiger partial charge on any atom is -0.286 e. The van der Waals surface area contributed by atoms with Gasteiger partial charge < -0.3 is 0 Å². The Bertz CT molecular complexity index is 558. The normalized spacial score (nSPS) is 10.7. The van der Waals surface area contributed by atoms with Crippen LogP contribution in [-0.4, -0.2) is 0 Å². The van der Waals surface area contributed by atoms with Crippen molar-refractivity contribution < 1.29 is 0 Å². The second-order valence-electron chi connectivity index (χ2n) is 3.57. The van der Waals surface area contributed by atoms with E-state index >= 15 is 0 Å². The van der Waals surface area contributed by atoms with Crippen LogP contribution >= 0.6 is 0 Å². The van der Waals surface area contributed by atoms with Crippen LogP contribution in [0.25, 0.3) is 11.1 Å². The minimum absolute atomic E-state index is 0.364. The third-order valence-corrected chi connectivity index (χ3v) is 2.42. The molecule has 0 radical (unpaired) electrons. The van der Waals surface area contributed by atoms with E-state index in [9.17, 15) is 9.59 Å². The lowest BCUT2D eigenvalue weighted by Gasteiger charge is -2.06. The van der Waals surface area contributed by atoms with Gasteiger partial charge in [-0.2, -0.15) is 0 Å². The van der Waals surface area contributed by atoms with E-state index in [4.69, 9.17) is 0 Å². The van der Waals surface area contributed by atoms with Gasteiger partial charge in [0.05, 0.1) is 0 Å². The van der Waals surface area contributed by atoms with Gasteiger partial charge in [-0.05, 0) is 25.0 Å². The summed E-state index contributed by atoms with van der Waals surface area (Å²) in [6.07, 6.45) is 0. The predicted molar refractivity (Wildman–Crippen MR) is 56.3 cm³/mol. The molecule has 0 heterocycles. The summed E-state index contributed by atoms with van der Waals surface area (Å²) in [4.78, 5) is 21.9. The Morgan fingerprint density at radius 2 is 1.64 bits per heavy atom. The summed E-state index contributed by atoms with van der Waals surface area (Å²) in [5, 5.41) is 0. The van der Waals surface area contributed by atoms with Gasteiger partial charge in [0.1, 0.15) is 0 Å². The maximum atomic E-state index is 11.2. The van der Waals surface area contributed by atoms with E-state index in [1.165, 1.54) is 6.07 Å². The fourth-order valence-electron chi connectivity index (χ4n) is 1.63. The molecule has 0 aliphatic rings. The van der Waals surface area contributed by atoms with Gasteiger partial charge in [0, 0.05) is 11.6 Å². The second-order valence-corrected chi connectivity index (χ2v) is 3.57. The van der Waals surface area contributed by atoms with Crippen LogP contribution in [0.3, 0.4) is 0 Å². The topological polar surface area (TPSA) is 34.1 Å². The van der Waals surface area contributed by atoms with Crippen LogP contribution < -0.4 is 10.9 Å². The zero-order valence-corrected chi connectivity index (χ0v) is 8.13. The summed E-state index contributed by atoms with van der Waals surface area (Å²) < 4.78 is 0. The Labute approximate surface area is 81.5 Å². The van der Waals surface area contributed by atoms with Crippen molar-refractivity contribution in [3.8, 4) is 11.1 Å². The molecule has 2 nitrogen and oxygen atoms in total. The maximum absolute atomic E-state index is 11.2. The highest BCUT2D eigenvalue weighted by Crippen LogP contribution is 2.20. The van der Waals surface area contributed by atoms with Crippen LogP contribution in [0.15, 0.2) is 33.9 Å². The summed E-state index contributed by atoms with van der Waals surface area (Å²) >= 11 is 0. The molecule has 2 aromatic carbocycles. The second kappa shape index (κ2) is 2.91. The van der Waals surface area contributed by atoms with E-state index < -0.39 is 0 Å². The van der Waals surface area contributed by atoms with Crippen LogP contribution in [0.1, 0.15) is 11.1 Å². The highest BCUT2D eigenvalue weighted by Gasteiger charge is 2.12. The molecule has 2 aromatic rings. The number of benzene rings is 1. The van der Waals surface area contributed by atoms with Gasteiger partial charge in [0.2, 0.25) is 10.9 Å². The Morgan fingerprint density at radius 1 is 0.929 bits per heavy atom. The molecular weight excluding hydrogens is 176 g/mol. The van der Waals surface area contributed by atoms with Crippen molar-refractivity contribution >= 4 is 0 Å². The predicted octanol–water partition coefficient (Wildman–Crippen LogP) is 1.57. The molecule has 0 aliphatic heterocycles. The molecule has 0 atom stereocenters. The van der Waals surface area contributed by atoms with Crippen molar-refractivity contribution in [2.45, 2.75) is 13.8 Å². The molecule has 0 spiro atoms. The summed E-state index contributed by atoms with van der Waals surface area (Å²) in [6, 6.07) is 7.24. The number of rotatable bonds is 1. The van der Waals surface area contributed by atoms with Crippen molar-refractivity contribution in [1.29, 1.82) is 0 Å². The number of hydrogen-bond donors (Lipinski definition) is 0. The Hall–Kier alpha value is -1.70. The van der Waals surface area contributed by atoms with Crippen LogP contribution in [0.5, 0.6) is 0 Å². The average molecular weight is 186 g/mol. The van der Waals surface area contributed by atoms with Gasteiger partial charge in [-0.15, -0.1) is 0 Å². The zero-order chi connectivity index (χ0) is 10.3. The molecule has 0 saturated carbocycles. The van der Waals surface area contributed by atoms with E-state index in [0.29, 0.717) is 5.56 Å². The molecule has 14 heavy (non-hydrogen) atoms. The molecular formula is C12H10O2. The van der Waals surface area contributed by atoms with Crippen molar-refractivity contribution in [3.05, 3.63) is 55.8 Å². The summed E-state index contributed by atoms with van der Waals surface area (Å²) in [6.45, 7) is 3.94. The Kier molecular flexibility index (Phi) is 1.84. The van der Waals surface area contributed by atoms with Crippen LogP contribution in [0.2, 0.25) is 0 Å². The van der Waals surface area contributed by atoms with Crippen LogP contribution in [0, 0.1) is 13.8 Å². The molecule has 0 fully saturated rings. The van der Waals surface area contributed by atoms with E-state index in [-0.39, 0.29) is 10.9 Å². The first-order valence-electron chi connectivity index (χ1n) is 4.47. The van der Waals surface area contributed by atoms with Gasteiger partial charge in [0.15, 0.2) is 0 Å². The minimum atomic E-state index is -0.389. The highest BCUT2D eigenvalue weighted by atomic mass is 16.2. The molecule has 0 amide bonds. The van der Waals surface area contributed by atoms with Gasteiger partial charge in [-0.3, -0.25) is 9.59 Å². The first-order valence-corrected chi connectivity index (χ1v) is 4.47. The van der Waals surface area contributed by atoms with Crippen molar-refractivity contribution in [2.24, 2.45) is 0 Å². The summed E-state index contributed by atoms with van der Waals surface area (Å²) in [7, 11) is 0. The van der Waals surface area contributed by atoms with E-state index in [1.54, 1.807) is 0 Å². The SMILES string of the molecule is Cc1ccc(-c2cc(=O)c2=O)c(C)c1. The van der Waals surface area contributed by atoms with Gasteiger partial charge in [-0.25, -0.2) is 0 Å². The van der Waals surface area contributed by atoms with Crippen molar-refractivity contribution in [3.63, 3.8) is 0 Å². The molecule has 0 unspecified atom stereocenters. The standard InChI is InChI=1S/C12H10O2/c1-7-3-4-9(8(2)5-7)10-6-11(13)12(10)14/h3-6H,1-2H3. The van der Waals surface area contributed by atoms with E-state index in [0.717, 1.165) is 16.7 Å². The van der Waals surface area contributed by atoms with Crippen molar-refractivity contribution in [2.75, 3.05) is 0 Å². The van der Waals surface area contributed by atoms with Gasteiger partial charge >= 0.3 is 0 Å². The third-order valence-electron chi connectivity index (χ3n) is 2.42. The first-order chi connectivity index (χ1) is 6.59. The summed E-state index contributed by atoms with van der Waals surface area (Å²) in [5.74, 6) is 0. The molecule has 70 valence electrons. The summed E-state index contributed by atoms with van der Waals surface area (Å²) in [5.41, 5.74) is 2.87. The van der Waals surface area contributed by atoms with E-state index in [2.05, 4.69) is 0 Å². The molecule has 0 saturated heterocycles. The Balaban J connectivity index is 2.60. The average Bonchev–Trinajstić information content (AvgIpc) is 2.15. The van der Waals surface area contributed by atoms with Crippen LogP contribution in [0.4, 0.5) is 0 Å². The lowest BCUT2D eigenvalue weighted by molar-refractivity contribution is 1.34. The lowest BCUT2D eigenvalue weighted by Crippen LogP contribution is -2.30. The fraction of sp³-hybridized carbons (Fsp3) is 0.167. The smallest absolute Gasteiger partial charge is 0.233 e. The molecule has 0 aliphatic carbocycles. The van der Waals surface area contributed by atoms with Crippen LogP contribution in [-0.2, 0) is 0 Å². The van der Waals surface area contributed by atoms with Gasteiger partial charge in [0.25, 0.3) is 0 Å². The highest BCUT2D eigenvalue weighted by molar-refractivity contribution is 5.69. The first kappa shape index (κ1) is 8.88. The molecule has 2 rings (SSSR count). The monoisotopic (exact) mass is 186 g/mol. The van der Waals surface area contributed by atoms with E-state index in [1.807, 2.05) is 32.0 Å². The molecule has 0 N–H and O–H groups in total. The zero-order valence-electron chi connectivity index (χ0n) is 8.13. The lowest BCUT2D eigenvalue weighted by atomic mass is 9.96. The molecule has 0 bridgehead atoms. The third kappa shape index (κ3) is 1.20. The maximum Gasteiger partial charge on any atom is 0.233 e. The molecule has 0 aromatic heterocycles.